The molecule has 0 saturated heterocycles. The van der Waals surface area contributed by atoms with Gasteiger partial charge in [-0.3, -0.25) is 0 Å². The molecular weight excluding hydrogens is 344 g/mol. The molecule has 1 aliphatic heterocycles. The van der Waals surface area contributed by atoms with Crippen molar-refractivity contribution in [1.29, 1.82) is 0 Å². The molecular formula is C21H24N2O4. The number of rotatable bonds is 5. The number of carbonyl (C=O) groups is 1. The second kappa shape index (κ2) is 8.49. The first-order valence-electron chi connectivity index (χ1n) is 8.76. The Hall–Kier alpha value is -3.15. The number of methoxy groups -OCH3 is 3. The number of ether oxygens (including phenoxy) is 3. The molecule has 0 radical (unpaired) electrons. The lowest BCUT2D eigenvalue weighted by Gasteiger charge is -2.28. The molecule has 2 aromatic rings. The number of carbonyl (C=O) groups excluding carboxylic acids is 1. The van der Waals surface area contributed by atoms with Gasteiger partial charge in [0.05, 0.1) is 26.9 Å². The highest BCUT2D eigenvalue weighted by Crippen LogP contribution is 2.40. The van der Waals surface area contributed by atoms with Crippen LogP contribution >= 0.6 is 0 Å². The van der Waals surface area contributed by atoms with Crippen LogP contribution in [0.5, 0.6) is 17.2 Å². The molecule has 2 amide bonds. The molecule has 6 heteroatoms. The first-order valence-corrected chi connectivity index (χ1v) is 8.76. The standard InChI is InChI=1S/C21H24N2O4/c1-25-17-13-18(26-2)20(19(14-17)27-3)15-9-11-23(12-10-15)21(24)22-16-7-5-4-6-8-16/h4-9,13-14H,10-12H2,1-3H3,(H,22,24). The van der Waals surface area contributed by atoms with E-state index >= 15 is 0 Å². The van der Waals surface area contributed by atoms with Crippen LogP contribution in [0.15, 0.2) is 48.5 Å². The third-order valence-electron chi connectivity index (χ3n) is 4.56. The van der Waals surface area contributed by atoms with Gasteiger partial charge in [0, 0.05) is 30.9 Å². The van der Waals surface area contributed by atoms with Crippen LogP contribution in [0.2, 0.25) is 0 Å². The largest absolute Gasteiger partial charge is 0.496 e. The second-order valence-corrected chi connectivity index (χ2v) is 6.13. The minimum atomic E-state index is -0.106. The van der Waals surface area contributed by atoms with Crippen molar-refractivity contribution in [1.82, 2.24) is 4.90 Å². The van der Waals surface area contributed by atoms with Crippen LogP contribution in [0, 0.1) is 0 Å². The van der Waals surface area contributed by atoms with Gasteiger partial charge in [-0.15, -0.1) is 0 Å². The maximum Gasteiger partial charge on any atom is 0.322 e. The first kappa shape index (κ1) is 18.6. The topological polar surface area (TPSA) is 60.0 Å². The van der Waals surface area contributed by atoms with Crippen LogP contribution in [0.1, 0.15) is 12.0 Å². The monoisotopic (exact) mass is 368 g/mol. The minimum Gasteiger partial charge on any atom is -0.496 e. The average molecular weight is 368 g/mol. The fourth-order valence-corrected chi connectivity index (χ4v) is 3.13. The number of benzene rings is 2. The van der Waals surface area contributed by atoms with Gasteiger partial charge in [-0.1, -0.05) is 24.3 Å². The number of nitrogens with one attached hydrogen (secondary N) is 1. The van der Waals surface area contributed by atoms with Gasteiger partial charge in [0.15, 0.2) is 0 Å². The van der Waals surface area contributed by atoms with Crippen molar-refractivity contribution >= 4 is 17.3 Å². The first-order chi connectivity index (χ1) is 13.2. The summed E-state index contributed by atoms with van der Waals surface area (Å²) in [4.78, 5) is 14.2. The zero-order valence-corrected chi connectivity index (χ0v) is 15.8. The van der Waals surface area contributed by atoms with Crippen molar-refractivity contribution in [2.45, 2.75) is 6.42 Å². The van der Waals surface area contributed by atoms with E-state index < -0.39 is 0 Å². The lowest BCUT2D eigenvalue weighted by atomic mass is 9.97. The fraction of sp³-hybridized carbons (Fsp3) is 0.286. The van der Waals surface area contributed by atoms with Gasteiger partial charge in [-0.2, -0.15) is 0 Å². The molecule has 1 aliphatic rings. The van der Waals surface area contributed by atoms with Crippen LogP contribution in [0.3, 0.4) is 0 Å². The molecule has 1 heterocycles. The molecule has 1 N–H and O–H groups in total. The smallest absolute Gasteiger partial charge is 0.322 e. The zero-order valence-electron chi connectivity index (χ0n) is 15.8. The van der Waals surface area contributed by atoms with E-state index in [1.165, 1.54) is 0 Å². The molecule has 0 spiro atoms. The Morgan fingerprint density at radius 1 is 1.00 bits per heavy atom. The molecule has 0 saturated carbocycles. The number of nitrogens with zero attached hydrogens (tertiary/aromatic N) is 1. The maximum absolute atomic E-state index is 12.5. The average Bonchev–Trinajstić information content (AvgIpc) is 2.73. The van der Waals surface area contributed by atoms with Gasteiger partial charge in [-0.05, 0) is 24.1 Å². The Balaban J connectivity index is 1.78. The number of anilines is 1. The van der Waals surface area contributed by atoms with E-state index in [0.29, 0.717) is 36.8 Å². The predicted molar refractivity (Wildman–Crippen MR) is 106 cm³/mol. The molecule has 0 fully saturated rings. The summed E-state index contributed by atoms with van der Waals surface area (Å²) < 4.78 is 16.4. The van der Waals surface area contributed by atoms with Gasteiger partial charge in [0.25, 0.3) is 0 Å². The number of hydrogen-bond acceptors (Lipinski definition) is 4. The third-order valence-corrected chi connectivity index (χ3v) is 4.56. The SMILES string of the molecule is COc1cc(OC)c(C2=CCN(C(=O)Nc3ccccc3)CC2)c(OC)c1. The highest BCUT2D eigenvalue weighted by Gasteiger charge is 2.23. The van der Waals surface area contributed by atoms with Crippen LogP contribution in [0.4, 0.5) is 10.5 Å². The summed E-state index contributed by atoms with van der Waals surface area (Å²) >= 11 is 0. The molecule has 0 bridgehead atoms. The van der Waals surface area contributed by atoms with E-state index in [9.17, 15) is 4.79 Å². The van der Waals surface area contributed by atoms with Crippen LogP contribution in [-0.2, 0) is 0 Å². The normalized spacial score (nSPS) is 13.6. The molecule has 0 atom stereocenters. The van der Waals surface area contributed by atoms with E-state index in [0.717, 1.165) is 16.8 Å². The van der Waals surface area contributed by atoms with E-state index in [1.54, 1.807) is 26.2 Å². The van der Waals surface area contributed by atoms with Crippen LogP contribution in [0.25, 0.3) is 5.57 Å². The number of urea groups is 1. The Bertz CT molecular complexity index is 808. The summed E-state index contributed by atoms with van der Waals surface area (Å²) in [6.45, 7) is 1.13. The number of amides is 2. The molecule has 0 aromatic heterocycles. The van der Waals surface area contributed by atoms with Gasteiger partial charge in [0.1, 0.15) is 17.2 Å². The minimum absolute atomic E-state index is 0.106. The highest BCUT2D eigenvalue weighted by molar-refractivity contribution is 5.90. The van der Waals surface area contributed by atoms with E-state index in [1.807, 2.05) is 48.5 Å². The predicted octanol–water partition coefficient (Wildman–Crippen LogP) is 4.03. The Morgan fingerprint density at radius 3 is 2.19 bits per heavy atom. The van der Waals surface area contributed by atoms with Gasteiger partial charge in [-0.25, -0.2) is 4.79 Å². The lowest BCUT2D eigenvalue weighted by molar-refractivity contribution is 0.217. The summed E-state index contributed by atoms with van der Waals surface area (Å²) in [5.41, 5.74) is 2.79. The quantitative estimate of drug-likeness (QED) is 0.865. The summed E-state index contributed by atoms with van der Waals surface area (Å²) in [5.74, 6) is 2.06. The Labute approximate surface area is 159 Å². The summed E-state index contributed by atoms with van der Waals surface area (Å²) in [6, 6.07) is 13.0. The molecule has 142 valence electrons. The third kappa shape index (κ3) is 4.16. The van der Waals surface area contributed by atoms with Crippen molar-refractivity contribution in [3.8, 4) is 17.2 Å². The maximum atomic E-state index is 12.5. The van der Waals surface area contributed by atoms with Crippen LogP contribution in [-0.4, -0.2) is 45.3 Å². The molecule has 3 rings (SSSR count). The molecule has 2 aromatic carbocycles. The molecule has 0 aliphatic carbocycles. The van der Waals surface area contributed by atoms with Gasteiger partial charge < -0.3 is 24.4 Å². The summed E-state index contributed by atoms with van der Waals surface area (Å²) in [6.07, 6.45) is 2.75. The zero-order chi connectivity index (χ0) is 19.2. The molecule has 27 heavy (non-hydrogen) atoms. The fourth-order valence-electron chi connectivity index (χ4n) is 3.13. The van der Waals surface area contributed by atoms with E-state index in [-0.39, 0.29) is 6.03 Å². The van der Waals surface area contributed by atoms with E-state index in [4.69, 9.17) is 14.2 Å². The van der Waals surface area contributed by atoms with Crippen molar-refractivity contribution in [3.05, 3.63) is 54.1 Å². The Kier molecular flexibility index (Phi) is 5.86. The van der Waals surface area contributed by atoms with Gasteiger partial charge in [0.2, 0.25) is 0 Å². The second-order valence-electron chi connectivity index (χ2n) is 6.13. The highest BCUT2D eigenvalue weighted by atomic mass is 16.5. The Morgan fingerprint density at radius 2 is 1.67 bits per heavy atom. The van der Waals surface area contributed by atoms with Gasteiger partial charge >= 0.3 is 6.03 Å². The lowest BCUT2D eigenvalue weighted by Crippen LogP contribution is -2.37. The van der Waals surface area contributed by atoms with E-state index in [2.05, 4.69) is 5.32 Å². The van der Waals surface area contributed by atoms with Crippen LogP contribution < -0.4 is 19.5 Å². The van der Waals surface area contributed by atoms with Crippen molar-refractivity contribution in [3.63, 3.8) is 0 Å². The van der Waals surface area contributed by atoms with Crippen molar-refractivity contribution in [2.24, 2.45) is 0 Å². The van der Waals surface area contributed by atoms with Crippen molar-refractivity contribution in [2.75, 3.05) is 39.7 Å². The summed E-state index contributed by atoms with van der Waals surface area (Å²) in [5, 5.41) is 2.92. The molecule has 6 nitrogen and oxygen atoms in total. The summed E-state index contributed by atoms with van der Waals surface area (Å²) in [7, 11) is 4.86. The number of hydrogen-bond donors (Lipinski definition) is 1. The molecule has 0 unspecified atom stereocenters. The van der Waals surface area contributed by atoms with Crippen molar-refractivity contribution < 1.29 is 19.0 Å². The number of para-hydroxylation sites is 1.